The van der Waals surface area contributed by atoms with Gasteiger partial charge in [0.25, 0.3) is 5.24 Å². The zero-order valence-corrected chi connectivity index (χ0v) is 16.2. The zero-order valence-electron chi connectivity index (χ0n) is 13.9. The van der Waals surface area contributed by atoms with Crippen LogP contribution in [0.3, 0.4) is 0 Å². The summed E-state index contributed by atoms with van der Waals surface area (Å²) in [5.41, 5.74) is 1.49. The molecule has 132 valence electrons. The average molecular weight is 397 g/mol. The molecule has 0 aliphatic carbocycles. The number of rotatable bonds is 5. The van der Waals surface area contributed by atoms with Crippen molar-refractivity contribution >= 4 is 51.8 Å². The fourth-order valence-electron chi connectivity index (χ4n) is 2.04. The molecule has 0 saturated carbocycles. The maximum atomic E-state index is 12.2. The van der Waals surface area contributed by atoms with E-state index in [0.717, 1.165) is 22.2 Å². The molecule has 4 nitrogen and oxygen atoms in total. The van der Waals surface area contributed by atoms with E-state index in [-0.39, 0.29) is 17.6 Å². The number of carbonyl (C=O) groups excluding carboxylic acids is 2. The molecule has 0 unspecified atom stereocenters. The number of nitrogens with zero attached hydrogens (tertiary/aromatic N) is 1. The maximum absolute atomic E-state index is 12.2. The second kappa shape index (κ2) is 9.13. The van der Waals surface area contributed by atoms with Gasteiger partial charge in [0.15, 0.2) is 0 Å². The van der Waals surface area contributed by atoms with Crippen LogP contribution < -0.4 is 5.32 Å². The molecule has 2 aromatic rings. The summed E-state index contributed by atoms with van der Waals surface area (Å²) in [6.07, 6.45) is 0.785. The molecule has 7 heteroatoms. The van der Waals surface area contributed by atoms with Crippen LogP contribution >= 0.6 is 35.0 Å². The van der Waals surface area contributed by atoms with Crippen LogP contribution in [-0.2, 0) is 11.2 Å². The SMILES string of the molecule is CN(C)C(=O)Sc1cccc(NC(=O)CCc2cccc(Cl)c2Cl)c1. The second-order valence-electron chi connectivity index (χ2n) is 5.55. The average Bonchev–Trinajstić information content (AvgIpc) is 2.56. The van der Waals surface area contributed by atoms with Gasteiger partial charge in [-0.05, 0) is 48.0 Å². The van der Waals surface area contributed by atoms with Crippen LogP contribution in [0.4, 0.5) is 10.5 Å². The molecule has 0 saturated heterocycles. The number of nitrogens with one attached hydrogen (secondary N) is 1. The first-order valence-corrected chi connectivity index (χ1v) is 9.16. The Morgan fingerprint density at radius 2 is 1.84 bits per heavy atom. The molecular weight excluding hydrogens is 379 g/mol. The molecule has 25 heavy (non-hydrogen) atoms. The predicted octanol–water partition coefficient (Wildman–Crippen LogP) is 5.34. The molecule has 2 amide bonds. The number of carbonyl (C=O) groups is 2. The maximum Gasteiger partial charge on any atom is 0.285 e. The van der Waals surface area contributed by atoms with Crippen LogP contribution in [0.2, 0.25) is 10.0 Å². The third-order valence-corrected chi connectivity index (χ3v) is 5.23. The molecule has 0 spiro atoms. The van der Waals surface area contributed by atoms with Gasteiger partial charge >= 0.3 is 0 Å². The topological polar surface area (TPSA) is 49.4 Å². The Kier molecular flexibility index (Phi) is 7.17. The van der Waals surface area contributed by atoms with Gasteiger partial charge in [-0.1, -0.05) is 41.4 Å². The summed E-state index contributed by atoms with van der Waals surface area (Å²) in [6.45, 7) is 0. The highest BCUT2D eigenvalue weighted by Gasteiger charge is 2.10. The Bertz CT molecular complexity index is 781. The number of hydrogen-bond acceptors (Lipinski definition) is 3. The minimum Gasteiger partial charge on any atom is -0.339 e. The Balaban J connectivity index is 1.94. The fourth-order valence-corrected chi connectivity index (χ4v) is 3.17. The number of thioether (sulfide) groups is 1. The van der Waals surface area contributed by atoms with Gasteiger partial charge in [-0.3, -0.25) is 9.59 Å². The van der Waals surface area contributed by atoms with Crippen LogP contribution in [0.5, 0.6) is 0 Å². The largest absolute Gasteiger partial charge is 0.339 e. The molecule has 0 bridgehead atoms. The van der Waals surface area contributed by atoms with Crippen molar-refractivity contribution in [3.8, 4) is 0 Å². The summed E-state index contributed by atoms with van der Waals surface area (Å²) >= 11 is 13.2. The fraction of sp³-hybridized carbons (Fsp3) is 0.222. The van der Waals surface area contributed by atoms with Gasteiger partial charge in [0.05, 0.1) is 10.0 Å². The smallest absolute Gasteiger partial charge is 0.285 e. The third-order valence-electron chi connectivity index (χ3n) is 3.34. The first-order valence-electron chi connectivity index (χ1n) is 7.58. The highest BCUT2D eigenvalue weighted by molar-refractivity contribution is 8.13. The lowest BCUT2D eigenvalue weighted by molar-refractivity contribution is -0.116. The second-order valence-corrected chi connectivity index (χ2v) is 7.36. The Hall–Kier alpha value is -1.69. The van der Waals surface area contributed by atoms with Crippen LogP contribution in [-0.4, -0.2) is 30.1 Å². The van der Waals surface area contributed by atoms with Crippen LogP contribution in [0.25, 0.3) is 0 Å². The number of halogens is 2. The minimum absolute atomic E-state index is 0.0703. The van der Waals surface area contributed by atoms with E-state index < -0.39 is 0 Å². The van der Waals surface area contributed by atoms with E-state index in [4.69, 9.17) is 23.2 Å². The van der Waals surface area contributed by atoms with Gasteiger partial charge in [0.1, 0.15) is 0 Å². The molecular formula is C18H18Cl2N2O2S. The highest BCUT2D eigenvalue weighted by atomic mass is 35.5. The van der Waals surface area contributed by atoms with Crippen molar-refractivity contribution in [3.63, 3.8) is 0 Å². The molecule has 2 rings (SSSR count). The highest BCUT2D eigenvalue weighted by Crippen LogP contribution is 2.27. The lowest BCUT2D eigenvalue weighted by atomic mass is 10.1. The predicted molar refractivity (Wildman–Crippen MR) is 105 cm³/mol. The van der Waals surface area contributed by atoms with Gasteiger partial charge < -0.3 is 10.2 Å². The quantitative estimate of drug-likeness (QED) is 0.693. The van der Waals surface area contributed by atoms with Crippen molar-refractivity contribution in [1.29, 1.82) is 0 Å². The van der Waals surface area contributed by atoms with E-state index >= 15 is 0 Å². The Morgan fingerprint density at radius 1 is 1.12 bits per heavy atom. The van der Waals surface area contributed by atoms with Crippen LogP contribution in [0.1, 0.15) is 12.0 Å². The first kappa shape index (κ1) is 19.6. The molecule has 0 aromatic heterocycles. The van der Waals surface area contributed by atoms with Crippen LogP contribution in [0, 0.1) is 0 Å². The summed E-state index contributed by atoms with van der Waals surface area (Å²) in [6, 6.07) is 12.6. The third kappa shape index (κ3) is 5.96. The van der Waals surface area contributed by atoms with E-state index in [2.05, 4.69) is 5.32 Å². The summed E-state index contributed by atoms with van der Waals surface area (Å²) in [5, 5.41) is 3.73. The summed E-state index contributed by atoms with van der Waals surface area (Å²) < 4.78 is 0. The molecule has 0 radical (unpaired) electrons. The van der Waals surface area contributed by atoms with E-state index in [0.29, 0.717) is 22.2 Å². The number of anilines is 1. The Labute approximate surface area is 161 Å². The molecule has 2 aromatic carbocycles. The summed E-state index contributed by atoms with van der Waals surface area (Å²) in [4.78, 5) is 26.2. The standard InChI is InChI=1S/C18H18Cl2N2O2S/c1-22(2)18(24)25-14-7-4-6-13(11-14)21-16(23)10-9-12-5-3-8-15(19)17(12)20/h3-8,11H,9-10H2,1-2H3,(H,21,23). The Morgan fingerprint density at radius 3 is 2.56 bits per heavy atom. The number of hydrogen-bond donors (Lipinski definition) is 1. The van der Waals surface area contributed by atoms with E-state index in [1.165, 1.54) is 4.90 Å². The molecule has 1 N–H and O–H groups in total. The van der Waals surface area contributed by atoms with Crippen LogP contribution in [0.15, 0.2) is 47.4 Å². The van der Waals surface area contributed by atoms with E-state index in [1.54, 1.807) is 38.4 Å². The van der Waals surface area contributed by atoms with Gasteiger partial charge in [0, 0.05) is 31.1 Å². The van der Waals surface area contributed by atoms with Gasteiger partial charge in [-0.2, -0.15) is 0 Å². The lowest BCUT2D eigenvalue weighted by Gasteiger charge is -2.11. The van der Waals surface area contributed by atoms with Gasteiger partial charge in [-0.15, -0.1) is 0 Å². The van der Waals surface area contributed by atoms with Crippen molar-refractivity contribution in [2.24, 2.45) is 0 Å². The van der Waals surface area contributed by atoms with Crippen molar-refractivity contribution in [2.75, 3.05) is 19.4 Å². The normalized spacial score (nSPS) is 10.4. The van der Waals surface area contributed by atoms with Gasteiger partial charge in [-0.25, -0.2) is 0 Å². The number of benzene rings is 2. The van der Waals surface area contributed by atoms with Crippen molar-refractivity contribution in [2.45, 2.75) is 17.7 Å². The molecule has 0 heterocycles. The molecule has 0 fully saturated rings. The summed E-state index contributed by atoms with van der Waals surface area (Å²) in [5.74, 6) is -0.128. The summed E-state index contributed by atoms with van der Waals surface area (Å²) in [7, 11) is 3.39. The van der Waals surface area contributed by atoms with Crippen molar-refractivity contribution < 1.29 is 9.59 Å². The minimum atomic E-state index is -0.128. The van der Waals surface area contributed by atoms with Gasteiger partial charge in [0.2, 0.25) is 5.91 Å². The molecule has 0 aliphatic rings. The first-order chi connectivity index (χ1) is 11.9. The molecule has 0 aliphatic heterocycles. The van der Waals surface area contributed by atoms with Crippen molar-refractivity contribution in [1.82, 2.24) is 4.90 Å². The zero-order chi connectivity index (χ0) is 18.4. The number of amides is 2. The monoisotopic (exact) mass is 396 g/mol. The van der Waals surface area contributed by atoms with E-state index in [9.17, 15) is 9.59 Å². The van der Waals surface area contributed by atoms with E-state index in [1.807, 2.05) is 18.2 Å². The number of aryl methyl sites for hydroxylation is 1. The lowest BCUT2D eigenvalue weighted by Crippen LogP contribution is -2.16. The van der Waals surface area contributed by atoms with Crippen molar-refractivity contribution in [3.05, 3.63) is 58.1 Å². The molecule has 0 atom stereocenters.